The summed E-state index contributed by atoms with van der Waals surface area (Å²) in [5.74, 6) is -0.451. The largest absolute Gasteiger partial charge is 0.390 e. The van der Waals surface area contributed by atoms with E-state index < -0.39 is 5.82 Å². The zero-order valence-electron chi connectivity index (χ0n) is 7.91. The topological polar surface area (TPSA) is 47.6 Å². The van der Waals surface area contributed by atoms with Gasteiger partial charge in [0.25, 0.3) is 0 Å². The van der Waals surface area contributed by atoms with Crippen LogP contribution in [0, 0.1) is 5.82 Å². The third-order valence-electron chi connectivity index (χ3n) is 2.25. The molecule has 0 bridgehead atoms. The number of halogens is 2. The van der Waals surface area contributed by atoms with E-state index in [1.54, 1.807) is 6.07 Å². The van der Waals surface area contributed by atoms with E-state index in [4.69, 9.17) is 22.2 Å². The average Bonchev–Trinajstić information content (AvgIpc) is 2.70. The lowest BCUT2D eigenvalue weighted by Crippen LogP contribution is -2.20. The maximum atomic E-state index is 13.2. The summed E-state index contributed by atoms with van der Waals surface area (Å²) >= 11 is 5.58. The first kappa shape index (κ1) is 10.4. The fourth-order valence-corrected chi connectivity index (χ4v) is 1.52. The van der Waals surface area contributed by atoms with Crippen LogP contribution in [0.4, 0.5) is 4.39 Å². The van der Waals surface area contributed by atoms with Gasteiger partial charge in [-0.15, -0.1) is 0 Å². The van der Waals surface area contributed by atoms with Gasteiger partial charge in [-0.2, -0.15) is 0 Å². The molecule has 2 rings (SSSR count). The van der Waals surface area contributed by atoms with E-state index in [1.165, 1.54) is 12.1 Å². The van der Waals surface area contributed by atoms with Crippen molar-refractivity contribution in [1.82, 2.24) is 0 Å². The second-order valence-electron chi connectivity index (χ2n) is 3.33. The van der Waals surface area contributed by atoms with Crippen molar-refractivity contribution >= 4 is 17.3 Å². The lowest BCUT2D eigenvalue weighted by molar-refractivity contribution is 0.0918. The number of rotatable bonds is 2. The maximum absolute atomic E-state index is 13.2. The summed E-state index contributed by atoms with van der Waals surface area (Å²) in [6.07, 6.45) is 0.510. The Bertz CT molecular complexity index is 408. The molecule has 0 aliphatic carbocycles. The van der Waals surface area contributed by atoms with Crippen molar-refractivity contribution in [3.63, 3.8) is 0 Å². The van der Waals surface area contributed by atoms with E-state index in [9.17, 15) is 4.39 Å². The van der Waals surface area contributed by atoms with Gasteiger partial charge in [-0.05, 0) is 12.1 Å². The summed E-state index contributed by atoms with van der Waals surface area (Å²) in [6.45, 7) is 0.406. The molecule has 1 atom stereocenters. The Balaban J connectivity index is 2.21. The van der Waals surface area contributed by atoms with Gasteiger partial charge in [-0.3, -0.25) is 0 Å². The summed E-state index contributed by atoms with van der Waals surface area (Å²) in [4.78, 5) is 5.05. The van der Waals surface area contributed by atoms with Gasteiger partial charge in [0.2, 0.25) is 0 Å². The van der Waals surface area contributed by atoms with Gasteiger partial charge in [-0.1, -0.05) is 22.8 Å². The molecule has 1 unspecified atom stereocenters. The molecule has 1 aliphatic rings. The predicted octanol–water partition coefficient (Wildman–Crippen LogP) is 1.93. The lowest BCUT2D eigenvalue weighted by Gasteiger charge is -2.02. The zero-order chi connectivity index (χ0) is 10.8. The minimum atomic E-state index is -0.451. The number of benzene rings is 1. The van der Waals surface area contributed by atoms with Gasteiger partial charge in [-0.25, -0.2) is 4.39 Å². The lowest BCUT2D eigenvalue weighted by atomic mass is 10.1. The zero-order valence-corrected chi connectivity index (χ0v) is 8.67. The van der Waals surface area contributed by atoms with E-state index in [2.05, 4.69) is 5.16 Å². The Hall–Kier alpha value is -1.13. The maximum Gasteiger partial charge on any atom is 0.145 e. The monoisotopic (exact) mass is 228 g/mol. The molecule has 2 N–H and O–H groups in total. The molecular formula is C10H10ClFN2O. The van der Waals surface area contributed by atoms with Crippen molar-refractivity contribution < 1.29 is 9.23 Å². The van der Waals surface area contributed by atoms with E-state index in [0.717, 1.165) is 0 Å². The fourth-order valence-electron chi connectivity index (χ4n) is 1.40. The van der Waals surface area contributed by atoms with Crippen LogP contribution in [0.1, 0.15) is 12.0 Å². The van der Waals surface area contributed by atoms with Crippen molar-refractivity contribution in [1.29, 1.82) is 0 Å². The van der Waals surface area contributed by atoms with Crippen LogP contribution in [0.15, 0.2) is 23.4 Å². The van der Waals surface area contributed by atoms with Crippen LogP contribution < -0.4 is 5.73 Å². The molecule has 3 nitrogen and oxygen atoms in total. The van der Waals surface area contributed by atoms with Crippen molar-refractivity contribution in [3.8, 4) is 0 Å². The second-order valence-corrected chi connectivity index (χ2v) is 3.74. The number of hydrogen-bond donors (Lipinski definition) is 1. The Morgan fingerprint density at radius 2 is 2.40 bits per heavy atom. The van der Waals surface area contributed by atoms with Gasteiger partial charge in [0.05, 0.1) is 10.7 Å². The standard InChI is InChI=1S/C10H10ClFN2O/c11-8-2-1-6(3-9(8)12)10-4-7(5-13)15-14-10/h1-3,7H,4-5,13H2. The highest BCUT2D eigenvalue weighted by Crippen LogP contribution is 2.20. The highest BCUT2D eigenvalue weighted by atomic mass is 35.5. The minimum Gasteiger partial charge on any atom is -0.390 e. The Morgan fingerprint density at radius 3 is 3.00 bits per heavy atom. The number of nitrogens with two attached hydrogens (primary N) is 1. The third kappa shape index (κ3) is 2.11. The van der Waals surface area contributed by atoms with Gasteiger partial charge in [0.1, 0.15) is 11.9 Å². The van der Waals surface area contributed by atoms with Crippen LogP contribution in [0.5, 0.6) is 0 Å². The molecule has 0 fully saturated rings. The Kier molecular flexibility index (Phi) is 2.88. The van der Waals surface area contributed by atoms with Crippen molar-refractivity contribution in [2.45, 2.75) is 12.5 Å². The summed E-state index contributed by atoms with van der Waals surface area (Å²) in [5.41, 5.74) is 6.83. The second kappa shape index (κ2) is 4.16. The quantitative estimate of drug-likeness (QED) is 0.841. The molecule has 0 aromatic heterocycles. The Labute approximate surface area is 91.7 Å². The van der Waals surface area contributed by atoms with Crippen LogP contribution in [0.2, 0.25) is 5.02 Å². The van der Waals surface area contributed by atoms with E-state index in [1.807, 2.05) is 0 Å². The van der Waals surface area contributed by atoms with Crippen LogP contribution >= 0.6 is 11.6 Å². The number of hydrogen-bond acceptors (Lipinski definition) is 3. The molecule has 0 spiro atoms. The van der Waals surface area contributed by atoms with Gasteiger partial charge in [0.15, 0.2) is 0 Å². The van der Waals surface area contributed by atoms with E-state index in [0.29, 0.717) is 24.2 Å². The molecule has 80 valence electrons. The molecule has 5 heteroatoms. The van der Waals surface area contributed by atoms with E-state index >= 15 is 0 Å². The molecule has 1 aliphatic heterocycles. The van der Waals surface area contributed by atoms with Gasteiger partial charge < -0.3 is 10.6 Å². The summed E-state index contributed by atoms with van der Waals surface area (Å²) in [7, 11) is 0. The SMILES string of the molecule is NCC1CC(c2ccc(Cl)c(F)c2)=NO1. The van der Waals surface area contributed by atoms with Gasteiger partial charge in [0, 0.05) is 18.5 Å². The first-order valence-electron chi connectivity index (χ1n) is 4.59. The van der Waals surface area contributed by atoms with Crippen molar-refractivity contribution in [2.75, 3.05) is 6.54 Å². The average molecular weight is 229 g/mol. The van der Waals surface area contributed by atoms with Crippen molar-refractivity contribution in [3.05, 3.63) is 34.6 Å². The Morgan fingerprint density at radius 1 is 1.60 bits per heavy atom. The summed E-state index contributed by atoms with van der Waals surface area (Å²) < 4.78 is 13.2. The molecular weight excluding hydrogens is 219 g/mol. The highest BCUT2D eigenvalue weighted by molar-refractivity contribution is 6.30. The first-order chi connectivity index (χ1) is 7.20. The summed E-state index contributed by atoms with van der Waals surface area (Å²) in [5, 5.41) is 3.96. The molecule has 0 saturated carbocycles. The van der Waals surface area contributed by atoms with Crippen LogP contribution in [0.25, 0.3) is 0 Å². The highest BCUT2D eigenvalue weighted by Gasteiger charge is 2.21. The normalized spacial score (nSPS) is 19.9. The predicted molar refractivity (Wildman–Crippen MR) is 56.5 cm³/mol. The van der Waals surface area contributed by atoms with Gasteiger partial charge >= 0.3 is 0 Å². The molecule has 1 aromatic rings. The molecule has 0 amide bonds. The molecule has 1 aromatic carbocycles. The first-order valence-corrected chi connectivity index (χ1v) is 4.96. The molecule has 1 heterocycles. The molecule has 0 saturated heterocycles. The van der Waals surface area contributed by atoms with E-state index in [-0.39, 0.29) is 11.1 Å². The number of oxime groups is 1. The fraction of sp³-hybridized carbons (Fsp3) is 0.300. The molecule has 15 heavy (non-hydrogen) atoms. The summed E-state index contributed by atoms with van der Waals surface area (Å²) in [6, 6.07) is 4.57. The van der Waals surface area contributed by atoms with Crippen LogP contribution in [-0.2, 0) is 4.84 Å². The van der Waals surface area contributed by atoms with Crippen LogP contribution in [-0.4, -0.2) is 18.4 Å². The minimum absolute atomic E-state index is 0.0984. The molecule has 0 radical (unpaired) electrons. The van der Waals surface area contributed by atoms with Crippen LogP contribution in [0.3, 0.4) is 0 Å². The number of nitrogens with zero attached hydrogens (tertiary/aromatic N) is 1. The smallest absolute Gasteiger partial charge is 0.145 e. The van der Waals surface area contributed by atoms with Crippen molar-refractivity contribution in [2.24, 2.45) is 10.9 Å². The third-order valence-corrected chi connectivity index (χ3v) is 2.56.